The van der Waals surface area contributed by atoms with Crippen LogP contribution in [-0.2, 0) is 4.74 Å². The number of rotatable bonds is 4. The number of esters is 1. The lowest BCUT2D eigenvalue weighted by Gasteiger charge is -1.99. The van der Waals surface area contributed by atoms with Gasteiger partial charge in [-0.1, -0.05) is 24.3 Å². The highest BCUT2D eigenvalue weighted by molar-refractivity contribution is 5.94. The second-order valence-electron chi connectivity index (χ2n) is 4.03. The first kappa shape index (κ1) is 13.6. The zero-order valence-electron chi connectivity index (χ0n) is 10.8. The Balaban J connectivity index is 2.18. The lowest BCUT2D eigenvalue weighted by atomic mass is 10.1. The van der Waals surface area contributed by atoms with Crippen LogP contribution in [0.5, 0.6) is 0 Å². The summed E-state index contributed by atoms with van der Waals surface area (Å²) < 4.78 is 10.00. The fourth-order valence-corrected chi connectivity index (χ4v) is 1.64. The average Bonchev–Trinajstić information content (AvgIpc) is 2.94. The number of carbonyl (C=O) groups excluding carboxylic acids is 2. The summed E-state index contributed by atoms with van der Waals surface area (Å²) >= 11 is 0. The first-order chi connectivity index (χ1) is 9.61. The molecule has 0 fully saturated rings. The Morgan fingerprint density at radius 1 is 1.20 bits per heavy atom. The van der Waals surface area contributed by atoms with E-state index in [1.807, 2.05) is 0 Å². The highest BCUT2D eigenvalue weighted by Crippen LogP contribution is 2.23. The molecule has 0 saturated carbocycles. The molecule has 0 unspecified atom stereocenters. The van der Waals surface area contributed by atoms with E-state index in [-0.39, 0.29) is 18.2 Å². The maximum absolute atomic E-state index is 11.5. The summed E-state index contributed by atoms with van der Waals surface area (Å²) in [6.45, 7) is 1.17. The minimum absolute atomic E-state index is 0.0169. The number of furan rings is 1. The van der Waals surface area contributed by atoms with E-state index in [9.17, 15) is 9.59 Å². The summed E-state index contributed by atoms with van der Waals surface area (Å²) in [4.78, 5) is 22.7. The Morgan fingerprint density at radius 3 is 2.50 bits per heavy atom. The van der Waals surface area contributed by atoms with E-state index in [0.717, 1.165) is 5.56 Å². The lowest BCUT2D eigenvalue weighted by Crippen LogP contribution is -2.03. The molecule has 0 aliphatic carbocycles. The van der Waals surface area contributed by atoms with Crippen molar-refractivity contribution >= 4 is 11.8 Å². The van der Waals surface area contributed by atoms with Crippen LogP contribution < -0.4 is 0 Å². The van der Waals surface area contributed by atoms with Gasteiger partial charge in [0.2, 0.25) is 5.76 Å². The molecule has 1 aromatic carbocycles. The molecule has 100 valence electrons. The van der Waals surface area contributed by atoms with Crippen molar-refractivity contribution in [3.63, 3.8) is 0 Å². The minimum Gasteiger partial charge on any atom is -0.449 e. The molecule has 0 bridgehead atoms. The Kier molecular flexibility index (Phi) is 3.96. The predicted octanol–water partition coefficient (Wildman–Crippen LogP) is 2.83. The molecule has 5 heteroatoms. The fraction of sp³-hybridized carbons (Fsp3) is 0.133. The molecular weight excluding hydrogens is 258 g/mol. The van der Waals surface area contributed by atoms with Crippen LogP contribution in [0.2, 0.25) is 0 Å². The van der Waals surface area contributed by atoms with Crippen molar-refractivity contribution in [1.82, 2.24) is 0 Å². The number of hydrogen-bond donors (Lipinski definition) is 0. The molecule has 1 heterocycles. The predicted molar refractivity (Wildman–Crippen MR) is 70.0 cm³/mol. The molecule has 0 aliphatic rings. The van der Waals surface area contributed by atoms with Gasteiger partial charge in [0.1, 0.15) is 11.8 Å². The number of carbonyl (C=O) groups is 2. The normalized spacial score (nSPS) is 9.80. The summed E-state index contributed by atoms with van der Waals surface area (Å²) in [6, 6.07) is 11.7. The Bertz CT molecular complexity index is 677. The van der Waals surface area contributed by atoms with Crippen molar-refractivity contribution < 1.29 is 18.7 Å². The van der Waals surface area contributed by atoms with Gasteiger partial charge in [0.05, 0.1) is 0 Å². The lowest BCUT2D eigenvalue weighted by molar-refractivity contribution is 0.0520. The van der Waals surface area contributed by atoms with Crippen LogP contribution in [0.4, 0.5) is 0 Å². The largest absolute Gasteiger partial charge is 0.449 e. The summed E-state index contributed by atoms with van der Waals surface area (Å²) in [6.07, 6.45) is 0. The van der Waals surface area contributed by atoms with E-state index in [1.165, 1.54) is 13.0 Å². The third-order valence-electron chi connectivity index (χ3n) is 2.65. The number of nitrogens with zero attached hydrogens (tertiary/aromatic N) is 1. The molecule has 0 atom stereocenters. The third-order valence-corrected chi connectivity index (χ3v) is 2.65. The molecule has 0 radical (unpaired) electrons. The number of benzene rings is 1. The standard InChI is InChI=1S/C15H11NO4/c1-10(17)11-2-4-12(5-3-11)13-6-7-14(20-13)15(18)19-9-8-16/h2-7H,9H2,1H3. The van der Waals surface area contributed by atoms with Crippen LogP contribution in [0.25, 0.3) is 11.3 Å². The summed E-state index contributed by atoms with van der Waals surface area (Å²) in [7, 11) is 0. The van der Waals surface area contributed by atoms with Crippen LogP contribution in [0.15, 0.2) is 40.8 Å². The molecule has 20 heavy (non-hydrogen) atoms. The molecule has 0 aliphatic heterocycles. The topological polar surface area (TPSA) is 80.3 Å². The van der Waals surface area contributed by atoms with Crippen molar-refractivity contribution in [1.29, 1.82) is 5.26 Å². The van der Waals surface area contributed by atoms with Gasteiger partial charge in [0.15, 0.2) is 12.4 Å². The highest BCUT2D eigenvalue weighted by atomic mass is 16.5. The Hall–Kier alpha value is -2.87. The van der Waals surface area contributed by atoms with Gasteiger partial charge in [-0.3, -0.25) is 4.79 Å². The maximum atomic E-state index is 11.5. The van der Waals surface area contributed by atoms with Crippen LogP contribution in [0.3, 0.4) is 0 Å². The number of ketones is 1. The van der Waals surface area contributed by atoms with E-state index in [4.69, 9.17) is 9.68 Å². The minimum atomic E-state index is -0.682. The van der Waals surface area contributed by atoms with Crippen LogP contribution >= 0.6 is 0 Å². The third kappa shape index (κ3) is 2.93. The van der Waals surface area contributed by atoms with Gasteiger partial charge in [-0.2, -0.15) is 5.26 Å². The molecule has 2 rings (SSSR count). The van der Waals surface area contributed by atoms with Gasteiger partial charge in [0, 0.05) is 11.1 Å². The highest BCUT2D eigenvalue weighted by Gasteiger charge is 2.13. The molecule has 0 N–H and O–H groups in total. The van der Waals surface area contributed by atoms with Crippen molar-refractivity contribution in [2.75, 3.05) is 6.61 Å². The van der Waals surface area contributed by atoms with Gasteiger partial charge < -0.3 is 9.15 Å². The van der Waals surface area contributed by atoms with E-state index < -0.39 is 5.97 Å². The van der Waals surface area contributed by atoms with E-state index in [2.05, 4.69) is 4.74 Å². The van der Waals surface area contributed by atoms with Gasteiger partial charge >= 0.3 is 5.97 Å². The van der Waals surface area contributed by atoms with Gasteiger partial charge in [0.25, 0.3) is 0 Å². The van der Waals surface area contributed by atoms with Crippen molar-refractivity contribution in [2.24, 2.45) is 0 Å². The van der Waals surface area contributed by atoms with E-state index >= 15 is 0 Å². The maximum Gasteiger partial charge on any atom is 0.375 e. The number of hydrogen-bond acceptors (Lipinski definition) is 5. The van der Waals surface area contributed by atoms with Gasteiger partial charge in [-0.15, -0.1) is 0 Å². The molecule has 0 saturated heterocycles. The molecule has 1 aromatic heterocycles. The summed E-state index contributed by atoms with van der Waals surface area (Å²) in [5, 5.41) is 8.33. The monoisotopic (exact) mass is 269 g/mol. The first-order valence-electron chi connectivity index (χ1n) is 5.87. The molecule has 0 spiro atoms. The van der Waals surface area contributed by atoms with E-state index in [0.29, 0.717) is 11.3 Å². The van der Waals surface area contributed by atoms with Crippen molar-refractivity contribution in [3.05, 3.63) is 47.7 Å². The zero-order chi connectivity index (χ0) is 14.5. The number of nitriles is 1. The SMILES string of the molecule is CC(=O)c1ccc(-c2ccc(C(=O)OCC#N)o2)cc1. The van der Waals surface area contributed by atoms with Crippen molar-refractivity contribution in [3.8, 4) is 17.4 Å². The second-order valence-corrected chi connectivity index (χ2v) is 4.03. The van der Waals surface area contributed by atoms with E-state index in [1.54, 1.807) is 36.4 Å². The van der Waals surface area contributed by atoms with Gasteiger partial charge in [-0.05, 0) is 19.1 Å². The molecule has 0 amide bonds. The zero-order valence-corrected chi connectivity index (χ0v) is 10.8. The fourth-order valence-electron chi connectivity index (χ4n) is 1.64. The molecule has 2 aromatic rings. The smallest absolute Gasteiger partial charge is 0.375 e. The summed E-state index contributed by atoms with van der Waals surface area (Å²) in [5.41, 5.74) is 1.35. The van der Waals surface area contributed by atoms with Gasteiger partial charge in [-0.25, -0.2) is 4.79 Å². The molecular formula is C15H11NO4. The summed E-state index contributed by atoms with van der Waals surface area (Å²) in [5.74, 6) is -0.176. The Labute approximate surface area is 115 Å². The van der Waals surface area contributed by atoms with Crippen molar-refractivity contribution in [2.45, 2.75) is 6.92 Å². The Morgan fingerprint density at radius 2 is 1.90 bits per heavy atom. The number of Topliss-reactive ketones (excluding diaryl/α,β-unsaturated/α-hetero) is 1. The quantitative estimate of drug-likeness (QED) is 0.629. The van der Waals surface area contributed by atoms with Crippen LogP contribution in [0.1, 0.15) is 27.8 Å². The van der Waals surface area contributed by atoms with Crippen LogP contribution in [0, 0.1) is 11.3 Å². The molecule has 5 nitrogen and oxygen atoms in total. The number of ether oxygens (including phenoxy) is 1. The average molecular weight is 269 g/mol. The van der Waals surface area contributed by atoms with Crippen LogP contribution in [-0.4, -0.2) is 18.4 Å². The first-order valence-corrected chi connectivity index (χ1v) is 5.87. The second kappa shape index (κ2) is 5.85.